The van der Waals surface area contributed by atoms with Crippen LogP contribution in [0.25, 0.3) is 0 Å². The van der Waals surface area contributed by atoms with Crippen LogP contribution < -0.4 is 23.8 Å². The van der Waals surface area contributed by atoms with Crippen molar-refractivity contribution in [2.24, 2.45) is 0 Å². The van der Waals surface area contributed by atoms with Gasteiger partial charge in [-0.15, -0.1) is 0 Å². The van der Waals surface area contributed by atoms with Crippen LogP contribution in [-0.2, 0) is 21.2 Å². The number of amides is 1. The van der Waals surface area contributed by atoms with Crippen LogP contribution in [0.15, 0.2) is 42.5 Å². The van der Waals surface area contributed by atoms with E-state index in [1.807, 2.05) is 12.1 Å². The van der Waals surface area contributed by atoms with Gasteiger partial charge in [-0.25, -0.2) is 8.42 Å². The zero-order valence-corrected chi connectivity index (χ0v) is 17.4. The van der Waals surface area contributed by atoms with E-state index in [9.17, 15) is 13.2 Å². The van der Waals surface area contributed by atoms with Gasteiger partial charge in [0, 0.05) is 6.54 Å². The van der Waals surface area contributed by atoms with Crippen molar-refractivity contribution in [1.82, 2.24) is 5.32 Å². The number of ether oxygens (including phenoxy) is 3. The van der Waals surface area contributed by atoms with E-state index in [1.165, 1.54) is 4.31 Å². The molecule has 9 heteroatoms. The fourth-order valence-electron chi connectivity index (χ4n) is 3.13. The van der Waals surface area contributed by atoms with Crippen molar-refractivity contribution >= 4 is 21.6 Å². The molecule has 0 fully saturated rings. The average molecular weight is 420 g/mol. The summed E-state index contributed by atoms with van der Waals surface area (Å²) in [6.45, 7) is 0.298. The first-order valence-corrected chi connectivity index (χ1v) is 10.9. The Balaban J connectivity index is 1.64. The molecule has 2 aromatic carbocycles. The molecule has 8 nitrogen and oxygen atoms in total. The molecule has 1 amide bonds. The van der Waals surface area contributed by atoms with Crippen LogP contribution in [-0.4, -0.2) is 54.0 Å². The van der Waals surface area contributed by atoms with E-state index >= 15 is 0 Å². The van der Waals surface area contributed by atoms with Crippen LogP contribution >= 0.6 is 0 Å². The van der Waals surface area contributed by atoms with E-state index < -0.39 is 16.1 Å². The molecule has 3 rings (SSSR count). The molecule has 1 heterocycles. The largest absolute Gasteiger partial charge is 0.493 e. The Hall–Kier alpha value is -2.94. The first-order valence-electron chi connectivity index (χ1n) is 9.05. The van der Waals surface area contributed by atoms with Crippen LogP contribution in [0, 0.1) is 0 Å². The first kappa shape index (κ1) is 20.8. The molecule has 0 aromatic heterocycles. The molecular weight excluding hydrogens is 396 g/mol. The SMILES string of the molecule is COc1ccc(CCNC(=O)[C@H]2CN(S(C)(=O)=O)c3ccccc3O2)cc1OC. The Bertz CT molecular complexity index is 992. The van der Waals surface area contributed by atoms with E-state index in [0.717, 1.165) is 11.8 Å². The maximum absolute atomic E-state index is 12.6. The highest BCUT2D eigenvalue weighted by molar-refractivity contribution is 7.92. The highest BCUT2D eigenvalue weighted by atomic mass is 32.2. The zero-order valence-electron chi connectivity index (χ0n) is 16.5. The summed E-state index contributed by atoms with van der Waals surface area (Å²) < 4.78 is 41.7. The van der Waals surface area contributed by atoms with Gasteiger partial charge >= 0.3 is 0 Å². The summed E-state index contributed by atoms with van der Waals surface area (Å²) in [6, 6.07) is 12.3. The number of para-hydroxylation sites is 2. The molecule has 0 unspecified atom stereocenters. The third-order valence-electron chi connectivity index (χ3n) is 4.59. The zero-order chi connectivity index (χ0) is 21.0. The van der Waals surface area contributed by atoms with Gasteiger partial charge in [0.15, 0.2) is 17.6 Å². The number of benzene rings is 2. The lowest BCUT2D eigenvalue weighted by molar-refractivity contribution is -0.127. The van der Waals surface area contributed by atoms with Gasteiger partial charge < -0.3 is 19.5 Å². The van der Waals surface area contributed by atoms with Crippen molar-refractivity contribution in [3.8, 4) is 17.2 Å². The lowest BCUT2D eigenvalue weighted by Crippen LogP contribution is -2.50. The van der Waals surface area contributed by atoms with Crippen LogP contribution in [0.2, 0.25) is 0 Å². The van der Waals surface area contributed by atoms with Crippen molar-refractivity contribution in [3.63, 3.8) is 0 Å². The van der Waals surface area contributed by atoms with Crippen LogP contribution in [0.3, 0.4) is 0 Å². The summed E-state index contributed by atoms with van der Waals surface area (Å²) in [4.78, 5) is 12.6. The van der Waals surface area contributed by atoms with Crippen LogP contribution in [0.4, 0.5) is 5.69 Å². The van der Waals surface area contributed by atoms with E-state index in [1.54, 1.807) is 44.6 Å². The first-order chi connectivity index (χ1) is 13.8. The highest BCUT2D eigenvalue weighted by Crippen LogP contribution is 2.34. The van der Waals surface area contributed by atoms with Gasteiger partial charge in [0.1, 0.15) is 5.75 Å². The maximum Gasteiger partial charge on any atom is 0.263 e. The number of nitrogens with zero attached hydrogens (tertiary/aromatic N) is 1. The summed E-state index contributed by atoms with van der Waals surface area (Å²) in [6.07, 6.45) is 0.761. The van der Waals surface area contributed by atoms with Gasteiger partial charge in [-0.1, -0.05) is 18.2 Å². The van der Waals surface area contributed by atoms with Gasteiger partial charge in [-0.2, -0.15) is 0 Å². The minimum Gasteiger partial charge on any atom is -0.493 e. The van der Waals surface area contributed by atoms with Gasteiger partial charge in [0.25, 0.3) is 5.91 Å². The minimum absolute atomic E-state index is 0.0714. The second kappa shape index (κ2) is 8.60. The fourth-order valence-corrected chi connectivity index (χ4v) is 4.05. The predicted molar refractivity (Wildman–Crippen MR) is 109 cm³/mol. The molecule has 0 bridgehead atoms. The number of fused-ring (bicyclic) bond motifs is 1. The molecule has 1 atom stereocenters. The Labute approximate surface area is 170 Å². The Morgan fingerprint density at radius 2 is 1.90 bits per heavy atom. The molecule has 0 spiro atoms. The number of hydrogen-bond donors (Lipinski definition) is 1. The second-order valence-electron chi connectivity index (χ2n) is 6.60. The maximum atomic E-state index is 12.6. The normalized spacial score (nSPS) is 15.8. The number of carbonyl (C=O) groups excluding carboxylic acids is 1. The predicted octanol–water partition coefficient (Wildman–Crippen LogP) is 1.59. The molecule has 29 heavy (non-hydrogen) atoms. The Morgan fingerprint density at radius 1 is 1.17 bits per heavy atom. The Morgan fingerprint density at radius 3 is 2.59 bits per heavy atom. The highest BCUT2D eigenvalue weighted by Gasteiger charge is 2.34. The quantitative estimate of drug-likeness (QED) is 0.731. The molecule has 2 aromatic rings. The summed E-state index contributed by atoms with van der Waals surface area (Å²) in [5.74, 6) is 1.25. The monoisotopic (exact) mass is 420 g/mol. The molecule has 0 radical (unpaired) electrons. The lowest BCUT2D eigenvalue weighted by Gasteiger charge is -2.33. The number of anilines is 1. The number of methoxy groups -OCH3 is 2. The standard InChI is InChI=1S/C20H24N2O6S/c1-26-17-9-8-14(12-18(17)27-2)10-11-21-20(23)19-13-22(29(3,24)25)15-6-4-5-7-16(15)28-19/h4-9,12,19H,10-11,13H2,1-3H3,(H,21,23)/t19-/m1/s1. The Kier molecular flexibility index (Phi) is 6.17. The number of hydrogen-bond acceptors (Lipinski definition) is 6. The molecule has 0 saturated carbocycles. The molecule has 0 saturated heterocycles. The fraction of sp³-hybridized carbons (Fsp3) is 0.350. The minimum atomic E-state index is -3.54. The van der Waals surface area contributed by atoms with Crippen LogP contribution in [0.5, 0.6) is 17.2 Å². The van der Waals surface area contributed by atoms with Gasteiger partial charge in [-0.05, 0) is 36.2 Å². The van der Waals surface area contributed by atoms with E-state index in [-0.39, 0.29) is 12.5 Å². The third-order valence-corrected chi connectivity index (χ3v) is 5.73. The van der Waals surface area contributed by atoms with Crippen molar-refractivity contribution in [3.05, 3.63) is 48.0 Å². The summed E-state index contributed by atoms with van der Waals surface area (Å²) >= 11 is 0. The van der Waals surface area contributed by atoms with E-state index in [2.05, 4.69) is 5.32 Å². The van der Waals surface area contributed by atoms with E-state index in [0.29, 0.717) is 35.9 Å². The number of rotatable bonds is 7. The van der Waals surface area contributed by atoms with Crippen molar-refractivity contribution in [2.45, 2.75) is 12.5 Å². The molecule has 1 N–H and O–H groups in total. The molecule has 1 aliphatic heterocycles. The van der Waals surface area contributed by atoms with Crippen LogP contribution in [0.1, 0.15) is 5.56 Å². The average Bonchev–Trinajstić information content (AvgIpc) is 2.71. The van der Waals surface area contributed by atoms with Gasteiger partial charge in [0.2, 0.25) is 10.0 Å². The van der Waals surface area contributed by atoms with Crippen molar-refractivity contribution < 1.29 is 27.4 Å². The second-order valence-corrected chi connectivity index (χ2v) is 8.51. The summed E-state index contributed by atoms with van der Waals surface area (Å²) in [7, 11) is -0.402. The van der Waals surface area contributed by atoms with Crippen molar-refractivity contribution in [1.29, 1.82) is 0 Å². The lowest BCUT2D eigenvalue weighted by atomic mass is 10.1. The summed E-state index contributed by atoms with van der Waals surface area (Å²) in [5, 5.41) is 2.81. The summed E-state index contributed by atoms with van der Waals surface area (Å²) in [5.41, 5.74) is 1.40. The molecular formula is C20H24N2O6S. The smallest absolute Gasteiger partial charge is 0.263 e. The van der Waals surface area contributed by atoms with Crippen molar-refractivity contribution in [2.75, 3.05) is 37.9 Å². The van der Waals surface area contributed by atoms with E-state index in [4.69, 9.17) is 14.2 Å². The third kappa shape index (κ3) is 4.73. The molecule has 0 aliphatic carbocycles. The number of sulfonamides is 1. The topological polar surface area (TPSA) is 94.2 Å². The number of nitrogens with one attached hydrogen (secondary N) is 1. The number of carbonyl (C=O) groups is 1. The molecule has 1 aliphatic rings. The van der Waals surface area contributed by atoms with Gasteiger partial charge in [0.05, 0.1) is 32.7 Å². The molecule has 156 valence electrons. The van der Waals surface area contributed by atoms with Gasteiger partial charge in [-0.3, -0.25) is 9.10 Å².